The van der Waals surface area contributed by atoms with E-state index in [0.717, 1.165) is 0 Å². The van der Waals surface area contributed by atoms with Crippen LogP contribution in [-0.2, 0) is 199 Å². The molecule has 44 heteroatoms. The average Bonchev–Trinajstić information content (AvgIpc) is 0.895. The Morgan fingerprint density at radius 3 is 0.448 bits per heavy atom. The Hall–Kier alpha value is -2.95. The van der Waals surface area contributed by atoms with Gasteiger partial charge in [-0.2, -0.15) is 0 Å². The van der Waals surface area contributed by atoms with Crippen molar-refractivity contribution >= 4 is 17.6 Å². The van der Waals surface area contributed by atoms with Crippen molar-refractivity contribution in [2.24, 2.45) is 5.41 Å². The molecule has 0 atom stereocenters. The second kappa shape index (κ2) is 119. The molecule has 0 fully saturated rings. The molecule has 0 aromatic heterocycles. The topological polar surface area (TPSA) is 435 Å². The normalized spacial score (nSPS) is 11.9. The van der Waals surface area contributed by atoms with Crippen LogP contribution in [0.2, 0.25) is 0 Å². The Labute approximate surface area is 798 Å². The van der Waals surface area contributed by atoms with Gasteiger partial charge in [-0.15, -0.1) is 0 Å². The van der Waals surface area contributed by atoms with E-state index in [4.69, 9.17) is 185 Å². The van der Waals surface area contributed by atoms with Crippen molar-refractivity contribution < 1.29 is 199 Å². The number of carbonyl (C=O) groups excluding carboxylic acids is 3. The van der Waals surface area contributed by atoms with Gasteiger partial charge in [0, 0.05) is 72.1 Å². The van der Waals surface area contributed by atoms with Crippen molar-refractivity contribution in [1.29, 1.82) is 0 Å². The number of rotatable bonds is 124. The van der Waals surface area contributed by atoms with Gasteiger partial charge in [-0.1, -0.05) is 6.92 Å². The Balaban J connectivity index is 4.26. The minimum atomic E-state index is -0.667. The largest absolute Gasteiger partial charge is 0.382 e. The number of Topliss-reactive ketones (excluding diaryl/α,β-unsaturated/α-hetero) is 1. The van der Waals surface area contributed by atoms with E-state index in [-0.39, 0.29) is 76.5 Å². The summed E-state index contributed by atoms with van der Waals surface area (Å²) in [4.78, 5) is 38.2. The van der Waals surface area contributed by atoms with Crippen LogP contribution in [0, 0.1) is 5.41 Å². The number of carbonyl (C=O) groups is 3. The maximum absolute atomic E-state index is 12.8. The summed E-state index contributed by atoms with van der Waals surface area (Å²) in [5.41, 5.74) is -0.667. The number of nitrogens with one attached hydrogen (secondary N) is 2. The Morgan fingerprint density at radius 2 is 0.291 bits per heavy atom. The molecule has 0 radical (unpaired) electrons. The first-order valence-corrected chi connectivity index (χ1v) is 47.7. The van der Waals surface area contributed by atoms with Gasteiger partial charge >= 0.3 is 0 Å². The van der Waals surface area contributed by atoms with Crippen molar-refractivity contribution in [1.82, 2.24) is 10.6 Å². The third-order valence-corrected chi connectivity index (χ3v) is 17.2. The van der Waals surface area contributed by atoms with Gasteiger partial charge in [0.1, 0.15) is 5.78 Å². The molecule has 2 N–H and O–H groups in total. The van der Waals surface area contributed by atoms with E-state index < -0.39 is 5.41 Å². The molecule has 0 heterocycles. The third kappa shape index (κ3) is 116. The molecular formula is C90H178N2O42. The van der Waals surface area contributed by atoms with Crippen LogP contribution in [0.5, 0.6) is 0 Å². The van der Waals surface area contributed by atoms with E-state index in [1.54, 1.807) is 21.3 Å². The molecule has 0 saturated carbocycles. The molecule has 0 bridgehead atoms. The lowest BCUT2D eigenvalue weighted by atomic mass is 9.94. The van der Waals surface area contributed by atoms with Crippen LogP contribution in [0.15, 0.2) is 0 Å². The van der Waals surface area contributed by atoms with Crippen LogP contribution >= 0.6 is 0 Å². The molecule has 0 aliphatic rings. The minimum Gasteiger partial charge on any atom is -0.382 e. The highest BCUT2D eigenvalue weighted by Gasteiger charge is 2.27. The molecule has 0 aliphatic carbocycles. The predicted octanol–water partition coefficient (Wildman–Crippen LogP) is 1.28. The third-order valence-electron chi connectivity index (χ3n) is 17.2. The molecule has 0 aromatic carbocycles. The smallest absolute Gasteiger partial charge is 0.222 e. The fourth-order valence-corrected chi connectivity index (χ4v) is 10.1. The Kier molecular flexibility index (Phi) is 116. The molecule has 0 aliphatic heterocycles. The van der Waals surface area contributed by atoms with Crippen LogP contribution in [0.3, 0.4) is 0 Å². The lowest BCUT2D eigenvalue weighted by Crippen LogP contribution is -2.36. The van der Waals surface area contributed by atoms with E-state index in [1.807, 2.05) is 6.92 Å². The van der Waals surface area contributed by atoms with Crippen molar-refractivity contribution in [2.75, 3.05) is 530 Å². The summed E-state index contributed by atoms with van der Waals surface area (Å²) in [6, 6.07) is 0. The Morgan fingerprint density at radius 1 is 0.157 bits per heavy atom. The molecule has 0 unspecified atom stereocenters. The summed E-state index contributed by atoms with van der Waals surface area (Å²) in [6.45, 7) is 35.6. The molecule has 44 nitrogen and oxygen atoms in total. The summed E-state index contributed by atoms with van der Waals surface area (Å²) in [6.07, 6.45) is 1.37. The number of hydrogen-bond acceptors (Lipinski definition) is 42. The summed E-state index contributed by atoms with van der Waals surface area (Å²) in [5, 5.41) is 5.69. The highest BCUT2D eigenvalue weighted by molar-refractivity contribution is 5.78. The SMILES string of the molecule is COCCOCCOCCOCCOCCOCCOCCOCCOCCOCCOCCOCCCC(=O)CCOCC(C)(COCCC(=O)NCCOCCOCCOCCOCCOCCOCCOCCOCCOCCOCCOCCOC)COCCC(=O)NCCOCCOCCOCCOCCOCCOCCOCCOCCOCCOCCOCCOC. The monoisotopic (exact) mass is 1960 g/mol. The van der Waals surface area contributed by atoms with Gasteiger partial charge < -0.3 is 195 Å². The second-order valence-corrected chi connectivity index (χ2v) is 28.7. The highest BCUT2D eigenvalue weighted by Crippen LogP contribution is 2.19. The average molecular weight is 1960 g/mol. The molecule has 0 rings (SSSR count). The van der Waals surface area contributed by atoms with Gasteiger partial charge in [-0.3, -0.25) is 14.4 Å². The van der Waals surface area contributed by atoms with Gasteiger partial charge in [0.25, 0.3) is 0 Å². The van der Waals surface area contributed by atoms with Crippen LogP contribution in [-0.4, -0.2) is 548 Å². The van der Waals surface area contributed by atoms with Crippen LogP contribution in [0.4, 0.5) is 0 Å². The number of methoxy groups -OCH3 is 3. The van der Waals surface area contributed by atoms with Gasteiger partial charge in [0.05, 0.1) is 489 Å². The molecule has 800 valence electrons. The van der Waals surface area contributed by atoms with Crippen molar-refractivity contribution in [3.63, 3.8) is 0 Å². The zero-order valence-corrected chi connectivity index (χ0v) is 82.1. The zero-order chi connectivity index (χ0) is 96.2. The number of amides is 2. The van der Waals surface area contributed by atoms with E-state index >= 15 is 0 Å². The van der Waals surface area contributed by atoms with Crippen LogP contribution in [0.25, 0.3) is 0 Å². The quantitative estimate of drug-likeness (QED) is 0.0810. The first-order valence-electron chi connectivity index (χ1n) is 47.7. The van der Waals surface area contributed by atoms with Gasteiger partial charge in [-0.05, 0) is 6.42 Å². The molecule has 0 spiro atoms. The van der Waals surface area contributed by atoms with E-state index in [1.165, 1.54) is 0 Å². The molecule has 0 saturated heterocycles. The summed E-state index contributed by atoms with van der Waals surface area (Å²) < 4.78 is 215. The van der Waals surface area contributed by atoms with Crippen LogP contribution < -0.4 is 10.6 Å². The Bertz CT molecular complexity index is 2010. The lowest BCUT2D eigenvalue weighted by molar-refractivity contribution is -0.123. The highest BCUT2D eigenvalue weighted by atomic mass is 16.6. The summed E-state index contributed by atoms with van der Waals surface area (Å²) >= 11 is 0. The summed E-state index contributed by atoms with van der Waals surface area (Å²) in [7, 11) is 4.91. The fourth-order valence-electron chi connectivity index (χ4n) is 10.1. The van der Waals surface area contributed by atoms with Crippen LogP contribution in [0.1, 0.15) is 39.0 Å². The zero-order valence-electron chi connectivity index (χ0n) is 82.1. The number of ketones is 1. The maximum atomic E-state index is 12.8. The molecule has 2 amide bonds. The molecule has 0 aromatic rings. The van der Waals surface area contributed by atoms with Gasteiger partial charge in [0.15, 0.2) is 0 Å². The summed E-state index contributed by atoms with van der Waals surface area (Å²) in [5.74, 6) is -0.340. The molecular weight excluding hydrogens is 1780 g/mol. The second-order valence-electron chi connectivity index (χ2n) is 28.7. The van der Waals surface area contributed by atoms with Crippen molar-refractivity contribution in [3.8, 4) is 0 Å². The maximum Gasteiger partial charge on any atom is 0.222 e. The van der Waals surface area contributed by atoms with Crippen molar-refractivity contribution in [3.05, 3.63) is 0 Å². The van der Waals surface area contributed by atoms with Gasteiger partial charge in [0.2, 0.25) is 11.8 Å². The number of hydrogen-bond donors (Lipinski definition) is 2. The lowest BCUT2D eigenvalue weighted by Gasteiger charge is -2.29. The van der Waals surface area contributed by atoms with E-state index in [0.29, 0.717) is 482 Å². The van der Waals surface area contributed by atoms with Crippen molar-refractivity contribution in [2.45, 2.75) is 39.0 Å². The minimum absolute atomic E-state index is 0.0487. The first-order chi connectivity index (χ1) is 66.4. The van der Waals surface area contributed by atoms with Gasteiger partial charge in [-0.25, -0.2) is 0 Å². The molecule has 134 heavy (non-hydrogen) atoms. The first kappa shape index (κ1) is 131. The number of ether oxygens (including phenoxy) is 39. The van der Waals surface area contributed by atoms with E-state index in [9.17, 15) is 14.4 Å². The van der Waals surface area contributed by atoms with E-state index in [2.05, 4.69) is 10.6 Å². The standard InChI is InChI=1S/C90H178N2O42/c1-90(84-132-13-7-87(93)6-5-12-99-24-27-105-36-39-111-48-51-117-60-63-123-72-75-129-81-78-126-69-66-120-57-54-114-45-42-108-33-30-102-21-18-96-2,85-133-14-8-88(94)91-10-16-100-25-28-106-37-40-112-49-52-118-61-64-124-73-76-130-82-79-127-70-67-121-58-55-115-46-43-109-34-31-103-22-19-97-3)86-134-15-9-89(95)92-11-17-101-26-29-107-38-41-113-50-53-119-62-65-125-74-77-131-83-80-128-71-68-122-59-56-116-47-44-110-35-32-104-23-20-98-4/h5-86H2,1-4H3,(H,91,94)(H,92,95). The fraction of sp³-hybridized carbons (Fsp3) is 0.967. The predicted molar refractivity (Wildman–Crippen MR) is 487 cm³/mol.